The Morgan fingerprint density at radius 2 is 1.74 bits per heavy atom. The van der Waals surface area contributed by atoms with Crippen LogP contribution in [0.4, 0.5) is 17.6 Å². The molecule has 1 aromatic carbocycles. The third kappa shape index (κ3) is 3.08. The Hall–Kier alpha value is -1.10. The Labute approximate surface area is 110 Å². The third-order valence-electron chi connectivity index (χ3n) is 3.71. The van der Waals surface area contributed by atoms with E-state index in [9.17, 15) is 17.6 Å². The molecule has 1 nitrogen and oxygen atoms in total. The van der Waals surface area contributed by atoms with E-state index in [0.717, 1.165) is 19.2 Å². The number of hydrogen-bond donors (Lipinski definition) is 0. The molecule has 1 saturated heterocycles. The molecule has 0 aliphatic carbocycles. The van der Waals surface area contributed by atoms with Crippen molar-refractivity contribution >= 4 is 0 Å². The zero-order chi connectivity index (χ0) is 14.2. The molecule has 1 fully saturated rings. The van der Waals surface area contributed by atoms with E-state index in [-0.39, 0.29) is 11.5 Å². The van der Waals surface area contributed by atoms with Crippen molar-refractivity contribution in [3.8, 4) is 0 Å². The van der Waals surface area contributed by atoms with Crippen molar-refractivity contribution in [1.82, 2.24) is 4.90 Å². The summed E-state index contributed by atoms with van der Waals surface area (Å²) in [4.78, 5) is 2.08. The Balaban J connectivity index is 2.43. The van der Waals surface area contributed by atoms with E-state index in [1.54, 1.807) is 6.92 Å². The summed E-state index contributed by atoms with van der Waals surface area (Å²) in [7, 11) is 1.94. The molecule has 0 atom stereocenters. The number of alkyl halides is 3. The molecule has 19 heavy (non-hydrogen) atoms. The molecule has 1 aliphatic heterocycles. The van der Waals surface area contributed by atoms with Gasteiger partial charge in [0.2, 0.25) is 0 Å². The summed E-state index contributed by atoms with van der Waals surface area (Å²) in [6.45, 7) is 3.12. The van der Waals surface area contributed by atoms with E-state index in [0.29, 0.717) is 18.4 Å². The summed E-state index contributed by atoms with van der Waals surface area (Å²) in [5.41, 5.74) is -0.412. The minimum atomic E-state index is -4.63. The first-order chi connectivity index (χ1) is 8.79. The molecule has 1 heterocycles. The number of benzene rings is 1. The molecule has 0 amide bonds. The fraction of sp³-hybridized carbons (Fsp3) is 0.571. The lowest BCUT2D eigenvalue weighted by Gasteiger charge is -2.31. The lowest BCUT2D eigenvalue weighted by Crippen LogP contribution is -2.30. The van der Waals surface area contributed by atoms with Gasteiger partial charge in [0.05, 0.1) is 5.56 Å². The van der Waals surface area contributed by atoms with Crippen LogP contribution in [0.2, 0.25) is 0 Å². The van der Waals surface area contributed by atoms with E-state index in [4.69, 9.17) is 0 Å². The Morgan fingerprint density at radius 3 is 2.26 bits per heavy atom. The van der Waals surface area contributed by atoms with Gasteiger partial charge < -0.3 is 4.90 Å². The maximum atomic E-state index is 13.7. The quantitative estimate of drug-likeness (QED) is 0.701. The minimum Gasteiger partial charge on any atom is -0.306 e. The van der Waals surface area contributed by atoms with Crippen LogP contribution in [0.1, 0.15) is 35.4 Å². The van der Waals surface area contributed by atoms with Crippen LogP contribution in [0.15, 0.2) is 12.1 Å². The highest BCUT2D eigenvalue weighted by atomic mass is 19.4. The van der Waals surface area contributed by atoms with Crippen LogP contribution in [-0.4, -0.2) is 25.0 Å². The maximum absolute atomic E-state index is 13.7. The topological polar surface area (TPSA) is 3.24 Å². The van der Waals surface area contributed by atoms with Gasteiger partial charge in [0.25, 0.3) is 0 Å². The van der Waals surface area contributed by atoms with Crippen LogP contribution in [-0.2, 0) is 6.18 Å². The molecule has 0 spiro atoms. The first-order valence-corrected chi connectivity index (χ1v) is 6.35. The molecule has 2 rings (SSSR count). The van der Waals surface area contributed by atoms with Gasteiger partial charge >= 0.3 is 6.18 Å². The van der Waals surface area contributed by atoms with E-state index in [1.807, 2.05) is 7.05 Å². The molecular weight excluding hydrogens is 258 g/mol. The van der Waals surface area contributed by atoms with Crippen molar-refractivity contribution in [2.75, 3.05) is 20.1 Å². The zero-order valence-electron chi connectivity index (χ0n) is 11.0. The molecule has 5 heteroatoms. The van der Waals surface area contributed by atoms with Crippen molar-refractivity contribution in [2.45, 2.75) is 31.9 Å². The first-order valence-electron chi connectivity index (χ1n) is 6.35. The molecular formula is C14H17F4N. The standard InChI is InChI=1S/C14H17F4N/c1-9-7-11(10-3-5-19(2)6-4-10)13(12(15)8-9)14(16,17)18/h7-8,10H,3-6H2,1-2H3. The van der Waals surface area contributed by atoms with Crippen molar-refractivity contribution < 1.29 is 17.6 Å². The Bertz CT molecular complexity index is 459. The normalized spacial score (nSPS) is 18.8. The summed E-state index contributed by atoms with van der Waals surface area (Å²) in [5, 5.41) is 0. The van der Waals surface area contributed by atoms with Gasteiger partial charge in [-0.05, 0) is 63.0 Å². The lowest BCUT2D eigenvalue weighted by atomic mass is 9.85. The summed E-state index contributed by atoms with van der Waals surface area (Å²) in [6.07, 6.45) is -3.35. The average molecular weight is 275 g/mol. The number of rotatable bonds is 1. The van der Waals surface area contributed by atoms with Gasteiger partial charge in [0, 0.05) is 0 Å². The minimum absolute atomic E-state index is 0.123. The van der Waals surface area contributed by atoms with Crippen LogP contribution < -0.4 is 0 Å². The second kappa shape index (κ2) is 5.12. The number of piperidine rings is 1. The molecule has 0 saturated carbocycles. The summed E-state index contributed by atoms with van der Waals surface area (Å²) < 4.78 is 52.8. The van der Waals surface area contributed by atoms with Crippen molar-refractivity contribution in [3.63, 3.8) is 0 Å². The molecule has 0 bridgehead atoms. The predicted molar refractivity (Wildman–Crippen MR) is 65.6 cm³/mol. The monoisotopic (exact) mass is 275 g/mol. The van der Waals surface area contributed by atoms with Crippen LogP contribution in [0, 0.1) is 12.7 Å². The van der Waals surface area contributed by atoms with Gasteiger partial charge in [-0.3, -0.25) is 0 Å². The lowest BCUT2D eigenvalue weighted by molar-refractivity contribution is -0.140. The number of nitrogens with zero attached hydrogens (tertiary/aromatic N) is 1. The van der Waals surface area contributed by atoms with Crippen LogP contribution in [0.25, 0.3) is 0 Å². The summed E-state index contributed by atoms with van der Waals surface area (Å²) in [5.74, 6) is -1.36. The first kappa shape index (κ1) is 14.3. The Morgan fingerprint density at radius 1 is 1.16 bits per heavy atom. The van der Waals surface area contributed by atoms with E-state index >= 15 is 0 Å². The van der Waals surface area contributed by atoms with E-state index in [2.05, 4.69) is 4.90 Å². The smallest absolute Gasteiger partial charge is 0.306 e. The molecule has 0 unspecified atom stereocenters. The van der Waals surface area contributed by atoms with Crippen molar-refractivity contribution in [3.05, 3.63) is 34.6 Å². The highest BCUT2D eigenvalue weighted by molar-refractivity contribution is 5.38. The predicted octanol–water partition coefficient (Wildman–Crippen LogP) is 3.96. The number of hydrogen-bond acceptors (Lipinski definition) is 1. The zero-order valence-corrected chi connectivity index (χ0v) is 11.0. The van der Waals surface area contributed by atoms with Gasteiger partial charge in [-0.1, -0.05) is 6.07 Å². The largest absolute Gasteiger partial charge is 0.419 e. The van der Waals surface area contributed by atoms with Crippen LogP contribution in [0.3, 0.4) is 0 Å². The highest BCUT2D eigenvalue weighted by Crippen LogP contribution is 2.40. The highest BCUT2D eigenvalue weighted by Gasteiger charge is 2.39. The van der Waals surface area contributed by atoms with Gasteiger partial charge in [-0.15, -0.1) is 0 Å². The van der Waals surface area contributed by atoms with E-state index < -0.39 is 17.6 Å². The second-order valence-electron chi connectivity index (χ2n) is 5.29. The second-order valence-corrected chi connectivity index (χ2v) is 5.29. The summed E-state index contributed by atoms with van der Waals surface area (Å²) in [6, 6.07) is 2.45. The van der Waals surface area contributed by atoms with Crippen LogP contribution in [0.5, 0.6) is 0 Å². The van der Waals surface area contributed by atoms with Gasteiger partial charge in [0.1, 0.15) is 5.82 Å². The molecule has 106 valence electrons. The van der Waals surface area contributed by atoms with Crippen molar-refractivity contribution in [1.29, 1.82) is 0 Å². The fourth-order valence-electron chi connectivity index (χ4n) is 2.71. The van der Waals surface area contributed by atoms with Crippen molar-refractivity contribution in [2.24, 2.45) is 0 Å². The number of likely N-dealkylation sites (tertiary alicyclic amines) is 1. The average Bonchev–Trinajstić information content (AvgIpc) is 2.26. The van der Waals surface area contributed by atoms with Gasteiger partial charge in [-0.25, -0.2) is 4.39 Å². The maximum Gasteiger partial charge on any atom is 0.419 e. The summed E-state index contributed by atoms with van der Waals surface area (Å²) >= 11 is 0. The third-order valence-corrected chi connectivity index (χ3v) is 3.71. The van der Waals surface area contributed by atoms with Crippen LogP contribution >= 0.6 is 0 Å². The van der Waals surface area contributed by atoms with Gasteiger partial charge in [0.15, 0.2) is 0 Å². The number of halogens is 4. The van der Waals surface area contributed by atoms with E-state index in [1.165, 1.54) is 6.07 Å². The molecule has 0 radical (unpaired) electrons. The molecule has 1 aliphatic rings. The SMILES string of the molecule is Cc1cc(F)c(C(F)(F)F)c(C2CCN(C)CC2)c1. The number of aryl methyl sites for hydroxylation is 1. The molecule has 0 aromatic heterocycles. The Kier molecular flexibility index (Phi) is 3.85. The van der Waals surface area contributed by atoms with Gasteiger partial charge in [-0.2, -0.15) is 13.2 Å². The molecule has 1 aromatic rings. The fourth-order valence-corrected chi connectivity index (χ4v) is 2.71. The molecule has 0 N–H and O–H groups in total.